The number of hydrogen-bond donors (Lipinski definition) is 1. The molecule has 3 aromatic carbocycles. The van der Waals surface area contributed by atoms with E-state index < -0.39 is 28.5 Å². The molecule has 226 valence electrons. The fraction of sp³-hybridized carbons (Fsp3) is 0.355. The first-order valence-corrected chi connectivity index (χ1v) is 16.1. The number of rotatable bonds is 13. The van der Waals surface area contributed by atoms with E-state index in [0.717, 1.165) is 21.7 Å². The largest absolute Gasteiger partial charge is 0.495 e. The number of nitrogens with zero attached hydrogens (tertiary/aromatic N) is 2. The summed E-state index contributed by atoms with van der Waals surface area (Å²) in [5, 5.41) is 3.65. The molecule has 2 amide bonds. The lowest BCUT2D eigenvalue weighted by Gasteiger charge is -2.34. The van der Waals surface area contributed by atoms with E-state index >= 15 is 0 Å². The molecule has 42 heavy (non-hydrogen) atoms. The van der Waals surface area contributed by atoms with Crippen molar-refractivity contribution in [2.24, 2.45) is 0 Å². The van der Waals surface area contributed by atoms with Crippen LogP contribution in [0.3, 0.4) is 0 Å². The molecule has 3 aromatic rings. The lowest BCUT2D eigenvalue weighted by molar-refractivity contribution is -0.140. The van der Waals surface area contributed by atoms with Gasteiger partial charge >= 0.3 is 0 Å². The Morgan fingerprint density at radius 1 is 0.976 bits per heavy atom. The Morgan fingerprint density at radius 2 is 1.67 bits per heavy atom. The number of carbonyl (C=O) groups excluding carboxylic acids is 2. The number of carbonyl (C=O) groups is 2. The first-order chi connectivity index (χ1) is 19.8. The van der Waals surface area contributed by atoms with Crippen LogP contribution in [0.15, 0.2) is 66.7 Å². The number of aryl methyl sites for hydroxylation is 1. The van der Waals surface area contributed by atoms with Gasteiger partial charge in [0, 0.05) is 19.0 Å². The third kappa shape index (κ3) is 8.86. The fourth-order valence-corrected chi connectivity index (χ4v) is 5.59. The van der Waals surface area contributed by atoms with E-state index in [2.05, 4.69) is 5.32 Å². The molecule has 0 aromatic heterocycles. The summed E-state index contributed by atoms with van der Waals surface area (Å²) in [5.41, 5.74) is 2.49. The minimum atomic E-state index is -3.94. The molecule has 0 saturated heterocycles. The van der Waals surface area contributed by atoms with Gasteiger partial charge in [0.1, 0.15) is 18.3 Å². The van der Waals surface area contributed by atoms with Crippen molar-refractivity contribution in [2.75, 3.05) is 24.2 Å². The van der Waals surface area contributed by atoms with Crippen molar-refractivity contribution >= 4 is 50.7 Å². The van der Waals surface area contributed by atoms with E-state index in [0.29, 0.717) is 27.8 Å². The van der Waals surface area contributed by atoms with Crippen molar-refractivity contribution in [1.82, 2.24) is 10.2 Å². The van der Waals surface area contributed by atoms with Crippen molar-refractivity contribution in [3.8, 4) is 5.75 Å². The number of hydrogen-bond acceptors (Lipinski definition) is 5. The molecule has 0 unspecified atom stereocenters. The molecule has 0 bridgehead atoms. The molecule has 11 heteroatoms. The Morgan fingerprint density at radius 3 is 2.26 bits per heavy atom. The van der Waals surface area contributed by atoms with Crippen LogP contribution >= 0.6 is 23.2 Å². The van der Waals surface area contributed by atoms with Gasteiger partial charge < -0.3 is 15.0 Å². The normalized spacial score (nSPS) is 12.7. The molecule has 8 nitrogen and oxygen atoms in total. The lowest BCUT2D eigenvalue weighted by atomic mass is 10.0. The Bertz CT molecular complexity index is 1500. The molecule has 0 aliphatic heterocycles. The Hall–Kier alpha value is -3.27. The molecule has 2 atom stereocenters. The second kappa shape index (κ2) is 14.8. The van der Waals surface area contributed by atoms with E-state index in [1.54, 1.807) is 36.4 Å². The predicted molar refractivity (Wildman–Crippen MR) is 169 cm³/mol. The minimum absolute atomic E-state index is 0.0102. The Labute approximate surface area is 258 Å². The number of sulfonamides is 1. The third-order valence-corrected chi connectivity index (χ3v) is 8.76. The molecule has 0 heterocycles. The average Bonchev–Trinajstić information content (AvgIpc) is 2.95. The maximum Gasteiger partial charge on any atom is 0.244 e. The number of nitrogens with one attached hydrogen (secondary N) is 1. The zero-order valence-electron chi connectivity index (χ0n) is 24.4. The van der Waals surface area contributed by atoms with Gasteiger partial charge in [0.25, 0.3) is 0 Å². The monoisotopic (exact) mass is 633 g/mol. The number of ether oxygens (including phenoxy) is 1. The van der Waals surface area contributed by atoms with E-state index in [-0.39, 0.29) is 30.6 Å². The van der Waals surface area contributed by atoms with Gasteiger partial charge in [-0.25, -0.2) is 8.42 Å². The summed E-state index contributed by atoms with van der Waals surface area (Å²) in [6.07, 6.45) is 1.94. The zero-order valence-corrected chi connectivity index (χ0v) is 26.8. The summed E-state index contributed by atoms with van der Waals surface area (Å²) >= 11 is 12.4. The molecule has 0 fully saturated rings. The average molecular weight is 635 g/mol. The molecule has 3 rings (SSSR count). The number of amides is 2. The topological polar surface area (TPSA) is 96.0 Å². The second-order valence-electron chi connectivity index (χ2n) is 10.2. The highest BCUT2D eigenvalue weighted by atomic mass is 35.5. The molecule has 0 aliphatic carbocycles. The van der Waals surface area contributed by atoms with Crippen LogP contribution in [-0.4, -0.2) is 57.1 Å². The maximum absolute atomic E-state index is 14.2. The molecular formula is C31H37Cl2N3O5S. The van der Waals surface area contributed by atoms with Crippen molar-refractivity contribution in [3.05, 3.63) is 93.5 Å². The minimum Gasteiger partial charge on any atom is -0.495 e. The van der Waals surface area contributed by atoms with Crippen molar-refractivity contribution in [3.63, 3.8) is 0 Å². The third-order valence-electron chi connectivity index (χ3n) is 6.89. The van der Waals surface area contributed by atoms with Gasteiger partial charge in [-0.2, -0.15) is 0 Å². The summed E-state index contributed by atoms with van der Waals surface area (Å²) in [6.45, 7) is 5.09. The van der Waals surface area contributed by atoms with Gasteiger partial charge in [0.05, 0.1) is 29.1 Å². The smallest absolute Gasteiger partial charge is 0.244 e. The van der Waals surface area contributed by atoms with Crippen molar-refractivity contribution in [1.29, 1.82) is 0 Å². The van der Waals surface area contributed by atoms with E-state index in [1.807, 2.05) is 51.1 Å². The Balaban J connectivity index is 2.12. The second-order valence-corrected chi connectivity index (χ2v) is 13.0. The van der Waals surface area contributed by atoms with E-state index in [9.17, 15) is 18.0 Å². The summed E-state index contributed by atoms with van der Waals surface area (Å²) < 4.78 is 32.6. The van der Waals surface area contributed by atoms with Crippen LogP contribution in [0.4, 0.5) is 5.69 Å². The van der Waals surface area contributed by atoms with E-state index in [1.165, 1.54) is 12.0 Å². The number of halogens is 2. The number of benzene rings is 3. The quantitative estimate of drug-likeness (QED) is 0.263. The highest BCUT2D eigenvalue weighted by Gasteiger charge is 2.34. The van der Waals surface area contributed by atoms with Gasteiger partial charge in [-0.3, -0.25) is 13.9 Å². The standard InChI is InChI=1S/C31H37Cl2N3O5S/c1-6-22(3)34-31(38)28(18-23-10-8-7-9-11-23)35(19-24-13-14-25(32)26(33)17-24)30(37)20-36(42(5,39)40)27-16-21(2)12-15-29(27)41-4/h7-17,22,28H,6,18-20H2,1-5H3,(H,34,38)/t22-,28-/m1/s1. The highest BCUT2D eigenvalue weighted by Crippen LogP contribution is 2.31. The molecule has 0 radical (unpaired) electrons. The maximum atomic E-state index is 14.2. The van der Waals surface area contributed by atoms with Gasteiger partial charge in [0.15, 0.2) is 0 Å². The van der Waals surface area contributed by atoms with Crippen LogP contribution in [0.1, 0.15) is 37.0 Å². The van der Waals surface area contributed by atoms with Gasteiger partial charge in [-0.15, -0.1) is 0 Å². The van der Waals surface area contributed by atoms with Crippen molar-refractivity contribution in [2.45, 2.75) is 52.2 Å². The van der Waals surface area contributed by atoms with Gasteiger partial charge in [-0.1, -0.05) is 72.6 Å². The van der Waals surface area contributed by atoms with Crippen LogP contribution in [0.5, 0.6) is 5.75 Å². The number of methoxy groups -OCH3 is 1. The molecule has 0 aliphatic rings. The summed E-state index contributed by atoms with van der Waals surface area (Å²) in [6, 6.07) is 18.3. The fourth-order valence-electron chi connectivity index (χ4n) is 4.42. The SMILES string of the molecule is CC[C@@H](C)NC(=O)[C@@H](Cc1ccccc1)N(Cc1ccc(Cl)c(Cl)c1)C(=O)CN(c1cc(C)ccc1OC)S(C)(=O)=O. The van der Waals surface area contributed by atoms with Crippen LogP contribution in [0, 0.1) is 6.92 Å². The number of anilines is 1. The summed E-state index contributed by atoms with van der Waals surface area (Å²) in [7, 11) is -2.51. The van der Waals surface area contributed by atoms with E-state index in [4.69, 9.17) is 27.9 Å². The van der Waals surface area contributed by atoms with Crippen LogP contribution < -0.4 is 14.4 Å². The molecule has 0 saturated carbocycles. The molecular weight excluding hydrogens is 597 g/mol. The molecule has 1 N–H and O–H groups in total. The first-order valence-electron chi connectivity index (χ1n) is 13.5. The zero-order chi connectivity index (χ0) is 31.0. The van der Waals surface area contributed by atoms with Gasteiger partial charge in [-0.05, 0) is 61.2 Å². The van der Waals surface area contributed by atoms with Crippen molar-refractivity contribution < 1.29 is 22.7 Å². The van der Waals surface area contributed by atoms with Crippen LogP contribution in [0.2, 0.25) is 10.0 Å². The van der Waals surface area contributed by atoms with Gasteiger partial charge in [0.2, 0.25) is 21.8 Å². The van der Waals surface area contributed by atoms with Crippen LogP contribution in [-0.2, 0) is 32.6 Å². The highest BCUT2D eigenvalue weighted by molar-refractivity contribution is 7.92. The van der Waals surface area contributed by atoms with Crippen LogP contribution in [0.25, 0.3) is 0 Å². The lowest BCUT2D eigenvalue weighted by Crippen LogP contribution is -2.54. The first kappa shape index (κ1) is 33.2. The summed E-state index contributed by atoms with van der Waals surface area (Å²) in [4.78, 5) is 29.4. The summed E-state index contributed by atoms with van der Waals surface area (Å²) in [5.74, 6) is -0.624. The Kier molecular flexibility index (Phi) is 11.7. The molecule has 0 spiro atoms. The predicted octanol–water partition coefficient (Wildman–Crippen LogP) is 5.63.